The van der Waals surface area contributed by atoms with Crippen molar-refractivity contribution in [3.8, 4) is 0 Å². The standard InChI is InChI=1S/C10H7BrN2O2/c11-7-1-2-8-6(3-7)5-12-9(13-8)4-10(14)15/h1-3,5H,4H2,(H,14,15). The molecule has 0 spiro atoms. The molecule has 0 bridgehead atoms. The number of nitrogens with zero attached hydrogens (tertiary/aromatic N) is 2. The van der Waals surface area contributed by atoms with E-state index in [1.165, 1.54) is 0 Å². The fraction of sp³-hybridized carbons (Fsp3) is 0.100. The number of carbonyl (C=O) groups is 1. The highest BCUT2D eigenvalue weighted by atomic mass is 79.9. The second kappa shape index (κ2) is 3.94. The van der Waals surface area contributed by atoms with E-state index in [-0.39, 0.29) is 6.42 Å². The van der Waals surface area contributed by atoms with Crippen LogP contribution in [-0.4, -0.2) is 21.0 Å². The predicted octanol–water partition coefficient (Wildman–Crippen LogP) is 2.02. The molecule has 0 amide bonds. The van der Waals surface area contributed by atoms with Crippen molar-refractivity contribution in [2.24, 2.45) is 0 Å². The third-order valence-electron chi connectivity index (χ3n) is 1.90. The van der Waals surface area contributed by atoms with Crippen molar-refractivity contribution in [3.63, 3.8) is 0 Å². The molecule has 1 heterocycles. The Hall–Kier alpha value is -1.49. The molecular weight excluding hydrogens is 260 g/mol. The molecule has 1 N–H and O–H groups in total. The number of aliphatic carboxylic acids is 1. The molecule has 0 radical (unpaired) electrons. The van der Waals surface area contributed by atoms with Gasteiger partial charge in [0.1, 0.15) is 12.2 Å². The van der Waals surface area contributed by atoms with Crippen molar-refractivity contribution in [2.45, 2.75) is 6.42 Å². The molecule has 15 heavy (non-hydrogen) atoms. The van der Waals surface area contributed by atoms with Crippen molar-refractivity contribution in [1.82, 2.24) is 9.97 Å². The Morgan fingerprint density at radius 1 is 1.47 bits per heavy atom. The Labute approximate surface area is 94.1 Å². The highest BCUT2D eigenvalue weighted by molar-refractivity contribution is 9.10. The molecule has 0 aliphatic heterocycles. The number of carboxylic acids is 1. The lowest BCUT2D eigenvalue weighted by Crippen LogP contribution is -2.04. The monoisotopic (exact) mass is 266 g/mol. The number of fused-ring (bicyclic) bond motifs is 1. The molecule has 1 aromatic heterocycles. The second-order valence-corrected chi connectivity index (χ2v) is 3.98. The number of hydrogen-bond acceptors (Lipinski definition) is 3. The number of benzene rings is 1. The van der Waals surface area contributed by atoms with E-state index in [0.717, 1.165) is 15.4 Å². The smallest absolute Gasteiger partial charge is 0.311 e. The Morgan fingerprint density at radius 3 is 3.00 bits per heavy atom. The van der Waals surface area contributed by atoms with Crippen LogP contribution in [-0.2, 0) is 11.2 Å². The molecule has 2 rings (SSSR count). The third kappa shape index (κ3) is 2.30. The minimum absolute atomic E-state index is 0.147. The molecular formula is C10H7BrN2O2. The molecule has 2 aromatic rings. The Balaban J connectivity index is 2.47. The molecule has 5 heteroatoms. The van der Waals surface area contributed by atoms with Gasteiger partial charge in [0.05, 0.1) is 5.52 Å². The van der Waals surface area contributed by atoms with Crippen molar-refractivity contribution >= 4 is 32.8 Å². The first kappa shape index (κ1) is 10.0. The first-order valence-corrected chi connectivity index (χ1v) is 5.07. The molecule has 0 aliphatic rings. The molecule has 0 atom stereocenters. The van der Waals surface area contributed by atoms with Gasteiger partial charge in [0.15, 0.2) is 0 Å². The topological polar surface area (TPSA) is 63.1 Å². The second-order valence-electron chi connectivity index (χ2n) is 3.06. The first-order chi connectivity index (χ1) is 7.15. The van der Waals surface area contributed by atoms with E-state index in [1.807, 2.05) is 18.2 Å². The summed E-state index contributed by atoms with van der Waals surface area (Å²) in [7, 11) is 0. The predicted molar refractivity (Wildman–Crippen MR) is 58.6 cm³/mol. The zero-order valence-electron chi connectivity index (χ0n) is 7.64. The van der Waals surface area contributed by atoms with Crippen LogP contribution >= 0.6 is 15.9 Å². The van der Waals surface area contributed by atoms with Gasteiger partial charge in [-0.2, -0.15) is 0 Å². The van der Waals surface area contributed by atoms with E-state index in [0.29, 0.717) is 5.82 Å². The molecule has 76 valence electrons. The fourth-order valence-electron chi connectivity index (χ4n) is 1.26. The zero-order chi connectivity index (χ0) is 10.8. The molecule has 0 aliphatic carbocycles. The maximum Gasteiger partial charge on any atom is 0.311 e. The lowest BCUT2D eigenvalue weighted by Gasteiger charge is -2.00. The van der Waals surface area contributed by atoms with Crippen LogP contribution in [0.25, 0.3) is 10.9 Å². The Morgan fingerprint density at radius 2 is 2.27 bits per heavy atom. The SMILES string of the molecule is O=C(O)Cc1ncc2cc(Br)ccc2n1. The molecule has 0 saturated heterocycles. The van der Waals surface area contributed by atoms with Crippen LogP contribution in [0.3, 0.4) is 0 Å². The minimum Gasteiger partial charge on any atom is -0.481 e. The van der Waals surface area contributed by atoms with E-state index in [1.54, 1.807) is 6.20 Å². The molecule has 4 nitrogen and oxygen atoms in total. The van der Waals surface area contributed by atoms with Gasteiger partial charge < -0.3 is 5.11 Å². The van der Waals surface area contributed by atoms with Gasteiger partial charge in [0.25, 0.3) is 0 Å². The molecule has 0 saturated carbocycles. The summed E-state index contributed by atoms with van der Waals surface area (Å²) in [6, 6.07) is 5.58. The third-order valence-corrected chi connectivity index (χ3v) is 2.39. The van der Waals surface area contributed by atoms with Gasteiger partial charge in [-0.1, -0.05) is 15.9 Å². The van der Waals surface area contributed by atoms with Gasteiger partial charge in [-0.15, -0.1) is 0 Å². The van der Waals surface area contributed by atoms with E-state index < -0.39 is 5.97 Å². The lowest BCUT2D eigenvalue weighted by atomic mass is 10.2. The summed E-state index contributed by atoms with van der Waals surface area (Å²) in [6.45, 7) is 0. The first-order valence-electron chi connectivity index (χ1n) is 4.28. The maximum absolute atomic E-state index is 10.5. The Bertz CT molecular complexity index is 528. The largest absolute Gasteiger partial charge is 0.481 e. The average molecular weight is 267 g/mol. The highest BCUT2D eigenvalue weighted by Gasteiger charge is 2.04. The van der Waals surface area contributed by atoms with Crippen molar-refractivity contribution < 1.29 is 9.90 Å². The van der Waals surface area contributed by atoms with E-state index in [4.69, 9.17) is 5.11 Å². The van der Waals surface area contributed by atoms with E-state index >= 15 is 0 Å². The molecule has 0 fully saturated rings. The van der Waals surface area contributed by atoms with Crippen LogP contribution in [0.4, 0.5) is 0 Å². The summed E-state index contributed by atoms with van der Waals surface area (Å²) in [4.78, 5) is 18.6. The summed E-state index contributed by atoms with van der Waals surface area (Å²) in [6.07, 6.45) is 1.48. The average Bonchev–Trinajstić information content (AvgIpc) is 2.17. The van der Waals surface area contributed by atoms with Crippen molar-refractivity contribution in [3.05, 3.63) is 34.7 Å². The summed E-state index contributed by atoms with van der Waals surface area (Å²) >= 11 is 3.34. The highest BCUT2D eigenvalue weighted by Crippen LogP contribution is 2.17. The number of rotatable bonds is 2. The van der Waals surface area contributed by atoms with Gasteiger partial charge in [0, 0.05) is 16.1 Å². The minimum atomic E-state index is -0.925. The van der Waals surface area contributed by atoms with Crippen LogP contribution in [0.5, 0.6) is 0 Å². The molecule has 1 aromatic carbocycles. The summed E-state index contributed by atoms with van der Waals surface area (Å²) in [5, 5.41) is 9.48. The van der Waals surface area contributed by atoms with Gasteiger partial charge >= 0.3 is 5.97 Å². The van der Waals surface area contributed by atoms with Crippen LogP contribution in [0.1, 0.15) is 5.82 Å². The number of hydrogen-bond donors (Lipinski definition) is 1. The van der Waals surface area contributed by atoms with Gasteiger partial charge in [-0.3, -0.25) is 4.79 Å². The number of carboxylic acid groups (broad SMARTS) is 1. The molecule has 0 unspecified atom stereocenters. The van der Waals surface area contributed by atoms with Crippen LogP contribution < -0.4 is 0 Å². The van der Waals surface area contributed by atoms with E-state index in [9.17, 15) is 4.79 Å². The normalized spacial score (nSPS) is 10.5. The van der Waals surface area contributed by atoms with Gasteiger partial charge in [-0.25, -0.2) is 9.97 Å². The summed E-state index contributed by atoms with van der Waals surface area (Å²) < 4.78 is 0.949. The number of aromatic nitrogens is 2. The van der Waals surface area contributed by atoms with Crippen molar-refractivity contribution in [2.75, 3.05) is 0 Å². The van der Waals surface area contributed by atoms with Crippen LogP contribution in [0, 0.1) is 0 Å². The van der Waals surface area contributed by atoms with Gasteiger partial charge in [0.2, 0.25) is 0 Å². The van der Waals surface area contributed by atoms with Crippen LogP contribution in [0.15, 0.2) is 28.9 Å². The Kier molecular flexibility index (Phi) is 2.64. The fourth-order valence-corrected chi connectivity index (χ4v) is 1.64. The van der Waals surface area contributed by atoms with Gasteiger partial charge in [-0.05, 0) is 18.2 Å². The van der Waals surface area contributed by atoms with Crippen LogP contribution in [0.2, 0.25) is 0 Å². The summed E-state index contributed by atoms with van der Waals surface area (Å²) in [5.74, 6) is -0.594. The maximum atomic E-state index is 10.5. The quantitative estimate of drug-likeness (QED) is 0.904. The zero-order valence-corrected chi connectivity index (χ0v) is 9.23. The van der Waals surface area contributed by atoms with Crippen molar-refractivity contribution in [1.29, 1.82) is 0 Å². The number of halogens is 1. The van der Waals surface area contributed by atoms with E-state index in [2.05, 4.69) is 25.9 Å². The lowest BCUT2D eigenvalue weighted by molar-refractivity contribution is -0.136. The summed E-state index contributed by atoms with van der Waals surface area (Å²) in [5.41, 5.74) is 0.754.